The SMILES string of the molecule is CC.OC(CNCC(S)CCS)C1CCc2cc3c(cc2O1)CSS3. The van der Waals surface area contributed by atoms with Crippen molar-refractivity contribution in [3.63, 3.8) is 0 Å². The summed E-state index contributed by atoms with van der Waals surface area (Å²) in [7, 11) is 3.73. The smallest absolute Gasteiger partial charge is 0.126 e. The molecule has 0 saturated heterocycles. The second-order valence-corrected chi connectivity index (χ2v) is 9.52. The molecule has 1 aromatic rings. The minimum Gasteiger partial charge on any atom is -0.487 e. The molecule has 0 saturated carbocycles. The number of aliphatic hydroxyl groups is 1. The molecule has 2 N–H and O–H groups in total. The quantitative estimate of drug-likeness (QED) is 0.393. The third-order valence-electron chi connectivity index (χ3n) is 4.21. The maximum atomic E-state index is 10.4. The molecule has 3 atom stereocenters. The first-order chi connectivity index (χ1) is 12.2. The predicted octanol–water partition coefficient (Wildman–Crippen LogP) is 4.23. The normalized spacial score (nSPS) is 20.6. The topological polar surface area (TPSA) is 41.5 Å². The predicted molar refractivity (Wildman–Crippen MR) is 118 cm³/mol. The van der Waals surface area contributed by atoms with Crippen molar-refractivity contribution in [2.24, 2.45) is 0 Å². The number of hydrogen-bond acceptors (Lipinski definition) is 7. The fourth-order valence-corrected chi connectivity index (χ4v) is 6.12. The summed E-state index contributed by atoms with van der Waals surface area (Å²) in [5.41, 5.74) is 2.64. The van der Waals surface area contributed by atoms with Gasteiger partial charge < -0.3 is 15.2 Å². The Bertz CT molecular complexity index is 544. The van der Waals surface area contributed by atoms with Crippen molar-refractivity contribution in [1.29, 1.82) is 0 Å². The summed E-state index contributed by atoms with van der Waals surface area (Å²) < 4.78 is 6.08. The number of rotatable bonds is 7. The van der Waals surface area contributed by atoms with Crippen molar-refractivity contribution in [2.75, 3.05) is 18.8 Å². The van der Waals surface area contributed by atoms with Crippen molar-refractivity contribution in [1.82, 2.24) is 5.32 Å². The molecule has 0 spiro atoms. The summed E-state index contributed by atoms with van der Waals surface area (Å²) in [5.74, 6) is 2.84. The van der Waals surface area contributed by atoms with Gasteiger partial charge in [-0.25, -0.2) is 0 Å². The van der Waals surface area contributed by atoms with Gasteiger partial charge in [-0.2, -0.15) is 25.3 Å². The second kappa shape index (κ2) is 11.2. The second-order valence-electron chi connectivity index (χ2n) is 6.00. The van der Waals surface area contributed by atoms with Crippen molar-refractivity contribution < 1.29 is 9.84 Å². The summed E-state index contributed by atoms with van der Waals surface area (Å²) in [5, 5.41) is 14.0. The summed E-state index contributed by atoms with van der Waals surface area (Å²) >= 11 is 8.70. The number of fused-ring (bicyclic) bond motifs is 2. The zero-order valence-corrected chi connectivity index (χ0v) is 18.3. The van der Waals surface area contributed by atoms with E-state index in [-0.39, 0.29) is 11.4 Å². The molecule has 0 aliphatic carbocycles. The Labute approximate surface area is 170 Å². The van der Waals surface area contributed by atoms with Crippen molar-refractivity contribution in [3.05, 3.63) is 23.3 Å². The Morgan fingerprint density at radius 2 is 2.12 bits per heavy atom. The van der Waals surface area contributed by atoms with E-state index in [4.69, 9.17) is 4.74 Å². The molecular weight excluding hydrogens is 390 g/mol. The summed E-state index contributed by atoms with van der Waals surface area (Å²) in [6.45, 7) is 5.33. The van der Waals surface area contributed by atoms with Gasteiger partial charge in [0, 0.05) is 29.0 Å². The molecule has 3 nitrogen and oxygen atoms in total. The van der Waals surface area contributed by atoms with E-state index in [0.717, 1.165) is 43.1 Å². The van der Waals surface area contributed by atoms with Gasteiger partial charge in [-0.05, 0) is 48.3 Å². The Morgan fingerprint density at radius 1 is 1.32 bits per heavy atom. The van der Waals surface area contributed by atoms with Crippen LogP contribution in [0.3, 0.4) is 0 Å². The lowest BCUT2D eigenvalue weighted by atomic mass is 9.98. The molecule has 0 aromatic heterocycles. The summed E-state index contributed by atoms with van der Waals surface area (Å²) in [4.78, 5) is 1.38. The largest absolute Gasteiger partial charge is 0.487 e. The Morgan fingerprint density at radius 3 is 2.88 bits per heavy atom. The van der Waals surface area contributed by atoms with E-state index in [0.29, 0.717) is 6.54 Å². The standard InChI is InChI=1S/C16H23NO2S4.C2H6/c18-13(8-17-7-12(21)3-4-20)14-2-1-10-6-16-11(9-22-23-16)5-15(10)19-14;1-2/h5-6,12-14,17-18,20-21H,1-4,7-9H2;1-2H3. The fourth-order valence-electron chi connectivity index (χ4n) is 2.87. The minimum absolute atomic E-state index is 0.127. The van der Waals surface area contributed by atoms with Gasteiger partial charge in [0.05, 0.1) is 0 Å². The highest BCUT2D eigenvalue weighted by molar-refractivity contribution is 8.76. The lowest BCUT2D eigenvalue weighted by Gasteiger charge is -2.30. The van der Waals surface area contributed by atoms with Gasteiger partial charge in [-0.15, -0.1) is 0 Å². The first kappa shape index (κ1) is 21.6. The van der Waals surface area contributed by atoms with Crippen molar-refractivity contribution in [2.45, 2.75) is 61.2 Å². The fraction of sp³-hybridized carbons (Fsp3) is 0.667. The molecular formula is C18H29NO2S4. The van der Waals surface area contributed by atoms with Crippen LogP contribution in [0.1, 0.15) is 37.8 Å². The van der Waals surface area contributed by atoms with E-state index in [9.17, 15) is 5.11 Å². The molecule has 0 fully saturated rings. The summed E-state index contributed by atoms with van der Waals surface area (Å²) in [6.07, 6.45) is 2.19. The van der Waals surface area contributed by atoms with E-state index in [1.54, 1.807) is 0 Å². The maximum Gasteiger partial charge on any atom is 0.126 e. The van der Waals surface area contributed by atoms with E-state index in [1.165, 1.54) is 16.0 Å². The third-order valence-corrected chi connectivity index (χ3v) is 7.26. The van der Waals surface area contributed by atoms with Crippen LogP contribution in [0.25, 0.3) is 0 Å². The van der Waals surface area contributed by atoms with Crippen molar-refractivity contribution in [3.8, 4) is 5.75 Å². The molecule has 0 bridgehead atoms. The number of nitrogens with one attached hydrogen (secondary N) is 1. The maximum absolute atomic E-state index is 10.4. The van der Waals surface area contributed by atoms with Crippen LogP contribution in [-0.4, -0.2) is 41.4 Å². The van der Waals surface area contributed by atoms with E-state index < -0.39 is 6.10 Å². The van der Waals surface area contributed by atoms with Crippen LogP contribution in [0, 0.1) is 0 Å². The number of thiol groups is 2. The molecule has 0 amide bonds. The first-order valence-electron chi connectivity index (χ1n) is 8.97. The lowest BCUT2D eigenvalue weighted by Crippen LogP contribution is -2.42. The van der Waals surface area contributed by atoms with Gasteiger partial charge in [0.25, 0.3) is 0 Å². The van der Waals surface area contributed by atoms with Crippen molar-refractivity contribution >= 4 is 46.8 Å². The van der Waals surface area contributed by atoms with Gasteiger partial charge in [0.1, 0.15) is 18.0 Å². The molecule has 1 aromatic carbocycles. The highest BCUT2D eigenvalue weighted by Gasteiger charge is 2.28. The van der Waals surface area contributed by atoms with E-state index >= 15 is 0 Å². The van der Waals surface area contributed by atoms with Crippen LogP contribution >= 0.6 is 46.8 Å². The van der Waals surface area contributed by atoms with Crippen LogP contribution in [0.15, 0.2) is 17.0 Å². The number of benzene rings is 1. The number of hydrogen-bond donors (Lipinski definition) is 4. The lowest BCUT2D eigenvalue weighted by molar-refractivity contribution is 0.0246. The Hall–Kier alpha value is 0.340. The van der Waals surface area contributed by atoms with Crippen LogP contribution in [0.2, 0.25) is 0 Å². The first-order valence-corrected chi connectivity index (χ1v) is 12.4. The minimum atomic E-state index is -0.489. The molecule has 2 aliphatic rings. The molecule has 3 unspecified atom stereocenters. The molecule has 2 heterocycles. The zero-order valence-electron chi connectivity index (χ0n) is 14.9. The average Bonchev–Trinajstić information content (AvgIpc) is 3.08. The number of ether oxygens (including phenoxy) is 1. The molecule has 0 radical (unpaired) electrons. The van der Waals surface area contributed by atoms with Gasteiger partial charge in [-0.3, -0.25) is 0 Å². The number of aryl methyl sites for hydroxylation is 1. The van der Waals surface area contributed by atoms with Crippen LogP contribution in [-0.2, 0) is 12.2 Å². The molecule has 2 aliphatic heterocycles. The Kier molecular flexibility index (Phi) is 9.73. The number of aliphatic hydroxyl groups excluding tert-OH is 1. The molecule has 3 rings (SSSR count). The zero-order chi connectivity index (χ0) is 18.2. The third kappa shape index (κ3) is 6.18. The van der Waals surface area contributed by atoms with Gasteiger partial charge in [0.15, 0.2) is 0 Å². The van der Waals surface area contributed by atoms with Gasteiger partial charge >= 0.3 is 0 Å². The molecule has 142 valence electrons. The van der Waals surface area contributed by atoms with E-state index in [2.05, 4.69) is 42.7 Å². The van der Waals surface area contributed by atoms with Crippen LogP contribution < -0.4 is 10.1 Å². The average molecular weight is 420 g/mol. The molecule has 25 heavy (non-hydrogen) atoms. The monoisotopic (exact) mass is 419 g/mol. The molecule has 7 heteroatoms. The highest BCUT2D eigenvalue weighted by atomic mass is 33.1. The summed E-state index contributed by atoms with van der Waals surface area (Å²) in [6, 6.07) is 4.43. The highest BCUT2D eigenvalue weighted by Crippen LogP contribution is 2.47. The van der Waals surface area contributed by atoms with Crippen LogP contribution in [0.4, 0.5) is 0 Å². The van der Waals surface area contributed by atoms with E-state index in [1.807, 2.05) is 35.4 Å². The Balaban J connectivity index is 0.00000109. The van der Waals surface area contributed by atoms with Gasteiger partial charge in [-0.1, -0.05) is 35.4 Å². The van der Waals surface area contributed by atoms with Gasteiger partial charge in [0.2, 0.25) is 0 Å². The van der Waals surface area contributed by atoms with Crippen LogP contribution in [0.5, 0.6) is 5.75 Å².